The minimum Gasteiger partial charge on any atom is -0.329 e. The van der Waals surface area contributed by atoms with Crippen molar-refractivity contribution in [3.63, 3.8) is 0 Å². The van der Waals surface area contributed by atoms with Gasteiger partial charge >= 0.3 is 0 Å². The Labute approximate surface area is 97.3 Å². The fourth-order valence-corrected chi connectivity index (χ4v) is 3.14. The van der Waals surface area contributed by atoms with Gasteiger partial charge in [-0.15, -0.1) is 0 Å². The lowest BCUT2D eigenvalue weighted by Gasteiger charge is -2.36. The summed E-state index contributed by atoms with van der Waals surface area (Å²) in [4.78, 5) is 4.80. The first-order valence-corrected chi connectivity index (χ1v) is 6.59. The van der Waals surface area contributed by atoms with Crippen molar-refractivity contribution in [1.82, 2.24) is 14.9 Å². The summed E-state index contributed by atoms with van der Waals surface area (Å²) in [5.74, 6) is 2.22. The maximum atomic E-state index is 4.80. The number of hydrogen-bond acceptors (Lipinski definition) is 2. The third-order valence-corrected chi connectivity index (χ3v) is 4.03. The predicted molar refractivity (Wildman–Crippen MR) is 64.5 cm³/mol. The molecule has 0 spiro atoms. The highest BCUT2D eigenvalue weighted by atomic mass is 15.1. The molecule has 0 unspecified atom stereocenters. The number of hydrogen-bond donors (Lipinski definition) is 1. The highest BCUT2D eigenvalue weighted by molar-refractivity contribution is 5.22. The smallest absolute Gasteiger partial charge is 0.109 e. The Morgan fingerprint density at radius 2 is 2.25 bits per heavy atom. The first-order chi connectivity index (χ1) is 7.79. The molecule has 0 aromatic carbocycles. The van der Waals surface area contributed by atoms with Crippen LogP contribution in [0.3, 0.4) is 0 Å². The van der Waals surface area contributed by atoms with Crippen LogP contribution in [0, 0.1) is 5.92 Å². The van der Waals surface area contributed by atoms with E-state index in [0.717, 1.165) is 37.9 Å². The number of aromatic nitrogens is 2. The van der Waals surface area contributed by atoms with Gasteiger partial charge in [0.1, 0.15) is 5.82 Å². The summed E-state index contributed by atoms with van der Waals surface area (Å²) in [6.45, 7) is 6.66. The maximum absolute atomic E-state index is 4.80. The van der Waals surface area contributed by atoms with E-state index in [4.69, 9.17) is 4.98 Å². The molecule has 3 heteroatoms. The molecule has 1 aliphatic heterocycles. The molecule has 2 aliphatic rings. The molecule has 1 fully saturated rings. The Kier molecular flexibility index (Phi) is 2.51. The Morgan fingerprint density at radius 3 is 2.94 bits per heavy atom. The van der Waals surface area contributed by atoms with Crippen molar-refractivity contribution in [1.29, 1.82) is 0 Å². The van der Waals surface area contributed by atoms with Crippen LogP contribution in [0.1, 0.15) is 49.9 Å². The molecule has 0 radical (unpaired) electrons. The largest absolute Gasteiger partial charge is 0.329 e. The van der Waals surface area contributed by atoms with Gasteiger partial charge < -0.3 is 9.88 Å². The Hall–Kier alpha value is -0.830. The summed E-state index contributed by atoms with van der Waals surface area (Å²) in [5, 5.41) is 3.41. The Morgan fingerprint density at radius 1 is 1.44 bits per heavy atom. The van der Waals surface area contributed by atoms with E-state index >= 15 is 0 Å². The van der Waals surface area contributed by atoms with Crippen LogP contribution >= 0.6 is 0 Å². The van der Waals surface area contributed by atoms with E-state index < -0.39 is 0 Å². The zero-order valence-electron chi connectivity index (χ0n) is 10.3. The molecular formula is C13H21N3. The highest BCUT2D eigenvalue weighted by Crippen LogP contribution is 2.39. The molecule has 0 bridgehead atoms. The number of rotatable bonds is 2. The summed E-state index contributed by atoms with van der Waals surface area (Å²) in [6.07, 6.45) is 4.93. The van der Waals surface area contributed by atoms with Gasteiger partial charge in [0.2, 0.25) is 0 Å². The molecule has 0 atom stereocenters. The van der Waals surface area contributed by atoms with E-state index in [-0.39, 0.29) is 0 Å². The maximum Gasteiger partial charge on any atom is 0.109 e. The molecule has 16 heavy (non-hydrogen) atoms. The van der Waals surface area contributed by atoms with Crippen LogP contribution in [0.15, 0.2) is 0 Å². The van der Waals surface area contributed by atoms with Crippen LogP contribution in [-0.2, 0) is 19.4 Å². The molecule has 3 nitrogen and oxygen atoms in total. The third-order valence-electron chi connectivity index (χ3n) is 4.03. The normalized spacial score (nSPS) is 28.6. The Bertz CT molecular complexity index is 388. The standard InChI is InChI=1S/C13H21N3/c1-3-13-15-11-8-14-5-4-12(11)16(13)10-6-9(2)7-10/h9-10,14H,3-8H2,1-2H3. The van der Waals surface area contributed by atoms with Gasteiger partial charge in [0.05, 0.1) is 5.69 Å². The van der Waals surface area contributed by atoms with Gasteiger partial charge in [0, 0.05) is 37.7 Å². The highest BCUT2D eigenvalue weighted by Gasteiger charge is 2.31. The number of fused-ring (bicyclic) bond motifs is 1. The van der Waals surface area contributed by atoms with Crippen LogP contribution in [0.2, 0.25) is 0 Å². The number of nitrogens with zero attached hydrogens (tertiary/aromatic N) is 2. The summed E-state index contributed by atoms with van der Waals surface area (Å²) in [5.41, 5.74) is 2.83. The van der Waals surface area contributed by atoms with Crippen molar-refractivity contribution in [2.24, 2.45) is 5.92 Å². The van der Waals surface area contributed by atoms with Crippen molar-refractivity contribution in [3.05, 3.63) is 17.2 Å². The Balaban J connectivity index is 1.97. The zero-order chi connectivity index (χ0) is 11.1. The molecule has 1 aromatic rings. The lowest BCUT2D eigenvalue weighted by molar-refractivity contribution is 0.207. The average Bonchev–Trinajstić information content (AvgIpc) is 2.63. The van der Waals surface area contributed by atoms with E-state index in [1.54, 1.807) is 0 Å². The summed E-state index contributed by atoms with van der Waals surface area (Å²) < 4.78 is 2.57. The molecule has 2 heterocycles. The first kappa shape index (κ1) is 10.3. The van der Waals surface area contributed by atoms with Gasteiger partial charge in [-0.25, -0.2) is 4.98 Å². The fraction of sp³-hybridized carbons (Fsp3) is 0.769. The van der Waals surface area contributed by atoms with Gasteiger partial charge in [-0.1, -0.05) is 13.8 Å². The molecular weight excluding hydrogens is 198 g/mol. The fourth-order valence-electron chi connectivity index (χ4n) is 3.14. The van der Waals surface area contributed by atoms with Crippen LogP contribution in [-0.4, -0.2) is 16.1 Å². The van der Waals surface area contributed by atoms with E-state index in [2.05, 4.69) is 23.7 Å². The van der Waals surface area contributed by atoms with Gasteiger partial charge in [-0.05, 0) is 18.8 Å². The topological polar surface area (TPSA) is 29.9 Å². The second kappa shape index (κ2) is 3.88. The second-order valence-electron chi connectivity index (χ2n) is 5.30. The van der Waals surface area contributed by atoms with Crippen LogP contribution in [0.4, 0.5) is 0 Å². The number of imidazole rings is 1. The molecule has 1 N–H and O–H groups in total. The minimum atomic E-state index is 0.749. The van der Waals surface area contributed by atoms with Crippen LogP contribution in [0.5, 0.6) is 0 Å². The third kappa shape index (κ3) is 1.49. The predicted octanol–water partition coefficient (Wildman–Crippen LogP) is 2.06. The lowest BCUT2D eigenvalue weighted by Crippen LogP contribution is -2.30. The van der Waals surface area contributed by atoms with Gasteiger partial charge in [-0.2, -0.15) is 0 Å². The van der Waals surface area contributed by atoms with Gasteiger partial charge in [-0.3, -0.25) is 0 Å². The van der Waals surface area contributed by atoms with Crippen molar-refractivity contribution in [2.75, 3.05) is 6.54 Å². The summed E-state index contributed by atoms with van der Waals surface area (Å²) >= 11 is 0. The van der Waals surface area contributed by atoms with Crippen molar-refractivity contribution >= 4 is 0 Å². The van der Waals surface area contributed by atoms with Crippen molar-refractivity contribution < 1.29 is 0 Å². The SMILES string of the molecule is CCc1nc2c(n1C1CC(C)C1)CCNC2. The second-order valence-corrected chi connectivity index (χ2v) is 5.30. The van der Waals surface area contributed by atoms with E-state index in [1.165, 1.54) is 30.1 Å². The molecule has 1 saturated carbocycles. The molecule has 1 aromatic heterocycles. The molecule has 0 amide bonds. The van der Waals surface area contributed by atoms with Gasteiger partial charge in [0.25, 0.3) is 0 Å². The van der Waals surface area contributed by atoms with Crippen molar-refractivity contribution in [2.45, 2.75) is 52.1 Å². The van der Waals surface area contributed by atoms with E-state index in [0.29, 0.717) is 0 Å². The van der Waals surface area contributed by atoms with E-state index in [9.17, 15) is 0 Å². The van der Waals surface area contributed by atoms with E-state index in [1.807, 2.05) is 0 Å². The monoisotopic (exact) mass is 219 g/mol. The molecule has 1 aliphatic carbocycles. The molecule has 0 saturated heterocycles. The quantitative estimate of drug-likeness (QED) is 0.825. The van der Waals surface area contributed by atoms with Gasteiger partial charge in [0.15, 0.2) is 0 Å². The van der Waals surface area contributed by atoms with Crippen molar-refractivity contribution in [3.8, 4) is 0 Å². The number of nitrogens with one attached hydrogen (secondary N) is 1. The van der Waals surface area contributed by atoms with Crippen LogP contribution < -0.4 is 5.32 Å². The summed E-state index contributed by atoms with van der Waals surface area (Å²) in [7, 11) is 0. The zero-order valence-corrected chi connectivity index (χ0v) is 10.3. The molecule has 3 rings (SSSR count). The average molecular weight is 219 g/mol. The number of aryl methyl sites for hydroxylation is 1. The summed E-state index contributed by atoms with van der Waals surface area (Å²) in [6, 6.07) is 0.749. The van der Waals surface area contributed by atoms with Crippen LogP contribution in [0.25, 0.3) is 0 Å². The minimum absolute atomic E-state index is 0.749. The lowest BCUT2D eigenvalue weighted by atomic mass is 9.81. The molecule has 88 valence electrons. The first-order valence-electron chi connectivity index (χ1n) is 6.59.